The molecule has 2 N–H and O–H groups in total. The molecule has 0 radical (unpaired) electrons. The van der Waals surface area contributed by atoms with E-state index in [2.05, 4.69) is 20.5 Å². The highest BCUT2D eigenvalue weighted by atomic mass is 32.1. The Balaban J connectivity index is 1.55. The minimum Gasteiger partial charge on any atom is -0.350 e. The second-order valence-electron chi connectivity index (χ2n) is 5.94. The first-order valence-electron chi connectivity index (χ1n) is 7.89. The minimum atomic E-state index is 0.0714. The van der Waals surface area contributed by atoms with Crippen molar-refractivity contribution in [2.75, 3.05) is 19.6 Å². The third kappa shape index (κ3) is 3.62. The van der Waals surface area contributed by atoms with Gasteiger partial charge < -0.3 is 10.6 Å². The first kappa shape index (κ1) is 14.9. The number of amides is 1. The molecule has 1 unspecified atom stereocenters. The van der Waals surface area contributed by atoms with Crippen LogP contribution in [-0.4, -0.2) is 47.5 Å². The molecule has 2 fully saturated rings. The molecule has 0 bridgehead atoms. The fraction of sp³-hybridized carbons (Fsp3) is 0.733. The zero-order valence-electron chi connectivity index (χ0n) is 12.6. The third-order valence-electron chi connectivity index (χ3n) is 4.48. The summed E-state index contributed by atoms with van der Waals surface area (Å²) in [5.74, 6) is 0.192. The topological polar surface area (TPSA) is 57.3 Å². The van der Waals surface area contributed by atoms with E-state index in [4.69, 9.17) is 0 Å². The Morgan fingerprint density at radius 3 is 3.00 bits per heavy atom. The van der Waals surface area contributed by atoms with Gasteiger partial charge >= 0.3 is 0 Å². The van der Waals surface area contributed by atoms with Crippen molar-refractivity contribution in [3.05, 3.63) is 16.1 Å². The lowest BCUT2D eigenvalue weighted by molar-refractivity contribution is -0.126. The van der Waals surface area contributed by atoms with Gasteiger partial charge in [-0.05, 0) is 52.2 Å². The van der Waals surface area contributed by atoms with Crippen molar-refractivity contribution < 1.29 is 4.79 Å². The quantitative estimate of drug-likeness (QED) is 0.880. The summed E-state index contributed by atoms with van der Waals surface area (Å²) in [7, 11) is 0. The Labute approximate surface area is 130 Å². The van der Waals surface area contributed by atoms with Crippen LogP contribution in [0.25, 0.3) is 0 Å². The number of rotatable bonds is 4. The molecule has 2 aliphatic rings. The minimum absolute atomic E-state index is 0.0714. The molecule has 2 aliphatic heterocycles. The summed E-state index contributed by atoms with van der Waals surface area (Å²) in [6, 6.07) is 0.650. The summed E-state index contributed by atoms with van der Waals surface area (Å²) in [4.78, 5) is 20.3. The molecular formula is C15H24N4OS. The van der Waals surface area contributed by atoms with E-state index in [-0.39, 0.29) is 11.9 Å². The molecule has 1 aromatic rings. The van der Waals surface area contributed by atoms with Gasteiger partial charge in [-0.3, -0.25) is 9.69 Å². The molecule has 116 valence electrons. The summed E-state index contributed by atoms with van der Waals surface area (Å²) in [6.07, 6.45) is 6.33. The van der Waals surface area contributed by atoms with E-state index in [1.165, 1.54) is 0 Å². The first-order chi connectivity index (χ1) is 10.2. The maximum absolute atomic E-state index is 12.5. The Morgan fingerprint density at radius 2 is 2.29 bits per heavy atom. The number of hydrogen-bond acceptors (Lipinski definition) is 5. The molecular weight excluding hydrogens is 284 g/mol. The lowest BCUT2D eigenvalue weighted by Crippen LogP contribution is -2.50. The fourth-order valence-electron chi connectivity index (χ4n) is 3.43. The number of carbonyl (C=O) groups excluding carboxylic acids is 1. The van der Waals surface area contributed by atoms with Crippen molar-refractivity contribution in [3.8, 4) is 0 Å². The van der Waals surface area contributed by atoms with Crippen molar-refractivity contribution in [2.45, 2.75) is 51.2 Å². The van der Waals surface area contributed by atoms with Crippen LogP contribution in [0.15, 0.2) is 6.20 Å². The molecule has 1 amide bonds. The molecule has 0 aliphatic carbocycles. The van der Waals surface area contributed by atoms with E-state index in [9.17, 15) is 4.79 Å². The van der Waals surface area contributed by atoms with Gasteiger partial charge in [0.2, 0.25) is 5.91 Å². The maximum atomic E-state index is 12.5. The van der Waals surface area contributed by atoms with Crippen LogP contribution in [0.1, 0.15) is 35.6 Å². The van der Waals surface area contributed by atoms with Crippen LogP contribution in [0.4, 0.5) is 0 Å². The molecule has 3 rings (SSSR count). The van der Waals surface area contributed by atoms with Crippen LogP contribution in [0.3, 0.4) is 0 Å². The van der Waals surface area contributed by atoms with Crippen LogP contribution in [0.5, 0.6) is 0 Å². The van der Waals surface area contributed by atoms with E-state index >= 15 is 0 Å². The average molecular weight is 308 g/mol. The molecule has 0 spiro atoms. The Morgan fingerprint density at radius 1 is 1.48 bits per heavy atom. The summed E-state index contributed by atoms with van der Waals surface area (Å²) in [6.45, 7) is 5.83. The number of piperidine rings is 1. The Hall–Kier alpha value is -0.980. The lowest BCUT2D eigenvalue weighted by Gasteiger charge is -2.35. The average Bonchev–Trinajstić information content (AvgIpc) is 3.14. The van der Waals surface area contributed by atoms with Crippen LogP contribution >= 0.6 is 11.3 Å². The molecule has 1 atom stereocenters. The Bertz CT molecular complexity index is 484. The highest BCUT2D eigenvalue weighted by Gasteiger charge is 2.35. The van der Waals surface area contributed by atoms with Gasteiger partial charge in [-0.25, -0.2) is 4.98 Å². The van der Waals surface area contributed by atoms with Gasteiger partial charge in [-0.2, -0.15) is 0 Å². The van der Waals surface area contributed by atoms with Crippen molar-refractivity contribution in [1.82, 2.24) is 20.5 Å². The smallest absolute Gasteiger partial charge is 0.237 e. The van der Waals surface area contributed by atoms with E-state index in [1.807, 2.05) is 13.1 Å². The predicted molar refractivity (Wildman–Crippen MR) is 84.3 cm³/mol. The second-order valence-corrected chi connectivity index (χ2v) is 7.26. The highest BCUT2D eigenvalue weighted by Crippen LogP contribution is 2.24. The lowest BCUT2D eigenvalue weighted by atomic mass is 10.0. The maximum Gasteiger partial charge on any atom is 0.237 e. The number of carbonyl (C=O) groups is 1. The number of nitrogens with one attached hydrogen (secondary N) is 2. The second kappa shape index (κ2) is 6.85. The zero-order chi connectivity index (χ0) is 14.7. The number of nitrogens with zero attached hydrogens (tertiary/aromatic N) is 2. The summed E-state index contributed by atoms with van der Waals surface area (Å²) < 4.78 is 0. The fourth-order valence-corrected chi connectivity index (χ4v) is 4.16. The van der Waals surface area contributed by atoms with Crippen molar-refractivity contribution in [3.63, 3.8) is 0 Å². The molecule has 1 aromatic heterocycles. The standard InChI is InChI=1S/C15H24N4OS/c1-11-17-9-13(21-11)10-18-15(20)14-3-2-8-19(14)12-4-6-16-7-5-12/h9,12,14,16H,2-8,10H2,1H3,(H,18,20). The number of likely N-dealkylation sites (tertiary alicyclic amines) is 1. The van der Waals surface area contributed by atoms with Crippen LogP contribution in [0.2, 0.25) is 0 Å². The van der Waals surface area contributed by atoms with E-state index in [0.717, 1.165) is 55.2 Å². The van der Waals surface area contributed by atoms with Crippen molar-refractivity contribution >= 4 is 17.2 Å². The van der Waals surface area contributed by atoms with Crippen molar-refractivity contribution in [1.29, 1.82) is 0 Å². The molecule has 0 aromatic carbocycles. The molecule has 21 heavy (non-hydrogen) atoms. The van der Waals surface area contributed by atoms with E-state index in [1.54, 1.807) is 11.3 Å². The first-order valence-corrected chi connectivity index (χ1v) is 8.71. The van der Waals surface area contributed by atoms with Gasteiger partial charge in [-0.1, -0.05) is 0 Å². The van der Waals surface area contributed by atoms with Gasteiger partial charge in [0.15, 0.2) is 0 Å². The molecule has 3 heterocycles. The molecule has 0 saturated carbocycles. The number of hydrogen-bond donors (Lipinski definition) is 2. The SMILES string of the molecule is Cc1ncc(CNC(=O)C2CCCN2C2CCNCC2)s1. The zero-order valence-corrected chi connectivity index (χ0v) is 13.4. The third-order valence-corrected chi connectivity index (χ3v) is 5.39. The number of aryl methyl sites for hydroxylation is 1. The van der Waals surface area contributed by atoms with Crippen molar-refractivity contribution in [2.24, 2.45) is 0 Å². The molecule has 6 heteroatoms. The van der Waals surface area contributed by atoms with Gasteiger partial charge in [0.25, 0.3) is 0 Å². The summed E-state index contributed by atoms with van der Waals surface area (Å²) in [5, 5.41) is 7.55. The Kier molecular flexibility index (Phi) is 4.87. The monoisotopic (exact) mass is 308 g/mol. The summed E-state index contributed by atoms with van der Waals surface area (Å²) >= 11 is 1.65. The van der Waals surface area contributed by atoms with E-state index in [0.29, 0.717) is 12.6 Å². The number of thiazole rings is 1. The largest absolute Gasteiger partial charge is 0.350 e. The number of aromatic nitrogens is 1. The van der Waals surface area contributed by atoms with E-state index < -0.39 is 0 Å². The van der Waals surface area contributed by atoms with Gasteiger partial charge in [0.05, 0.1) is 17.6 Å². The van der Waals surface area contributed by atoms with Gasteiger partial charge in [0.1, 0.15) is 0 Å². The van der Waals surface area contributed by atoms with Crippen LogP contribution in [0, 0.1) is 6.92 Å². The summed E-state index contributed by atoms with van der Waals surface area (Å²) in [5.41, 5.74) is 0. The predicted octanol–water partition coefficient (Wildman–Crippen LogP) is 1.28. The van der Waals surface area contributed by atoms with Gasteiger partial charge in [0, 0.05) is 17.1 Å². The molecule has 5 nitrogen and oxygen atoms in total. The highest BCUT2D eigenvalue weighted by molar-refractivity contribution is 7.11. The van der Waals surface area contributed by atoms with Crippen LogP contribution < -0.4 is 10.6 Å². The molecule has 2 saturated heterocycles. The van der Waals surface area contributed by atoms with Crippen LogP contribution in [-0.2, 0) is 11.3 Å². The normalized spacial score (nSPS) is 24.3. The van der Waals surface area contributed by atoms with Gasteiger partial charge in [-0.15, -0.1) is 11.3 Å².